The van der Waals surface area contributed by atoms with Crippen LogP contribution < -0.4 is 10.1 Å². The maximum atomic E-state index is 10.7. The molecule has 0 aliphatic rings. The van der Waals surface area contributed by atoms with Crippen LogP contribution in [-0.4, -0.2) is 30.8 Å². The van der Waals surface area contributed by atoms with Crippen LogP contribution in [0.15, 0.2) is 24.3 Å². The minimum Gasteiger partial charge on any atom is -0.490 e. The second-order valence-corrected chi connectivity index (χ2v) is 3.33. The summed E-state index contributed by atoms with van der Waals surface area (Å²) in [5.41, 5.74) is 0. The highest BCUT2D eigenvalue weighted by atomic mass is 35.5. The van der Waals surface area contributed by atoms with Gasteiger partial charge in [0.05, 0.1) is 5.02 Å². The first-order chi connectivity index (χ1) is 7.15. The molecule has 82 valence electrons. The molecule has 2 N–H and O–H groups in total. The third kappa shape index (κ3) is 3.42. The van der Waals surface area contributed by atoms with Gasteiger partial charge in [0.2, 0.25) is 0 Å². The van der Waals surface area contributed by atoms with Gasteiger partial charge in [-0.2, -0.15) is 0 Å². The lowest BCUT2D eigenvalue weighted by Crippen LogP contribution is -2.39. The fraction of sp³-hybridized carbons (Fsp3) is 0.300. The summed E-state index contributed by atoms with van der Waals surface area (Å²) in [5, 5.41) is 11.8. The molecule has 4 nitrogen and oxygen atoms in total. The molecule has 0 spiro atoms. The fourth-order valence-electron chi connectivity index (χ4n) is 1.01. The summed E-state index contributed by atoms with van der Waals surface area (Å²) >= 11 is 5.84. The number of likely N-dealkylation sites (N-methyl/N-ethyl adjacent to an activating group) is 1. The van der Waals surface area contributed by atoms with Crippen molar-refractivity contribution in [2.45, 2.75) is 6.04 Å². The number of halogens is 1. The first-order valence-corrected chi connectivity index (χ1v) is 4.80. The Morgan fingerprint density at radius 3 is 2.80 bits per heavy atom. The third-order valence-corrected chi connectivity index (χ3v) is 2.20. The normalized spacial score (nSPS) is 12.1. The van der Waals surface area contributed by atoms with Gasteiger partial charge in [-0.15, -0.1) is 0 Å². The number of carbonyl (C=O) groups is 1. The summed E-state index contributed by atoms with van der Waals surface area (Å²) in [7, 11) is 1.56. The number of hydrogen-bond donors (Lipinski definition) is 2. The van der Waals surface area contributed by atoms with Crippen molar-refractivity contribution in [3.63, 3.8) is 0 Å². The quantitative estimate of drug-likeness (QED) is 0.801. The Hall–Kier alpha value is -1.26. The third-order valence-electron chi connectivity index (χ3n) is 1.89. The highest BCUT2D eigenvalue weighted by Gasteiger charge is 2.15. The van der Waals surface area contributed by atoms with E-state index in [1.165, 1.54) is 0 Å². The van der Waals surface area contributed by atoms with E-state index in [2.05, 4.69) is 5.32 Å². The fourth-order valence-corrected chi connectivity index (χ4v) is 1.20. The first-order valence-electron chi connectivity index (χ1n) is 4.42. The number of hydrogen-bond acceptors (Lipinski definition) is 3. The molecule has 1 aromatic rings. The van der Waals surface area contributed by atoms with Crippen LogP contribution in [0.5, 0.6) is 5.75 Å². The van der Waals surface area contributed by atoms with Crippen molar-refractivity contribution < 1.29 is 14.6 Å². The van der Waals surface area contributed by atoms with Gasteiger partial charge in [-0.25, -0.2) is 0 Å². The van der Waals surface area contributed by atoms with Crippen molar-refractivity contribution in [3.8, 4) is 5.75 Å². The predicted octanol–water partition coefficient (Wildman–Crippen LogP) is 1.39. The lowest BCUT2D eigenvalue weighted by atomic mass is 10.3. The molecular weight excluding hydrogens is 218 g/mol. The van der Waals surface area contributed by atoms with Gasteiger partial charge in [0.25, 0.3) is 0 Å². The second kappa shape index (κ2) is 5.58. The molecule has 0 radical (unpaired) electrons. The van der Waals surface area contributed by atoms with E-state index < -0.39 is 12.0 Å². The van der Waals surface area contributed by atoms with E-state index in [-0.39, 0.29) is 6.61 Å². The topological polar surface area (TPSA) is 58.6 Å². The van der Waals surface area contributed by atoms with Crippen LogP contribution in [0.1, 0.15) is 0 Å². The summed E-state index contributed by atoms with van der Waals surface area (Å²) in [5.74, 6) is -0.467. The van der Waals surface area contributed by atoms with Gasteiger partial charge in [-0.05, 0) is 19.2 Å². The maximum Gasteiger partial charge on any atom is 0.324 e. The molecule has 1 aromatic carbocycles. The summed E-state index contributed by atoms with van der Waals surface area (Å²) < 4.78 is 5.28. The Morgan fingerprint density at radius 1 is 1.60 bits per heavy atom. The Bertz CT molecular complexity index is 343. The van der Waals surface area contributed by atoms with Crippen LogP contribution in [0.4, 0.5) is 0 Å². The molecule has 0 aliphatic carbocycles. The van der Waals surface area contributed by atoms with Crippen molar-refractivity contribution >= 4 is 17.6 Å². The van der Waals surface area contributed by atoms with E-state index >= 15 is 0 Å². The number of carboxylic acids is 1. The van der Waals surface area contributed by atoms with E-state index in [9.17, 15) is 4.79 Å². The molecule has 0 amide bonds. The first kappa shape index (κ1) is 11.8. The van der Waals surface area contributed by atoms with Gasteiger partial charge < -0.3 is 15.2 Å². The maximum absolute atomic E-state index is 10.7. The van der Waals surface area contributed by atoms with E-state index in [1.54, 1.807) is 31.3 Å². The van der Waals surface area contributed by atoms with Crippen LogP contribution in [0, 0.1) is 0 Å². The molecule has 0 saturated carbocycles. The zero-order valence-electron chi connectivity index (χ0n) is 8.24. The Kier molecular flexibility index (Phi) is 4.39. The minimum atomic E-state index is -0.954. The molecule has 0 aliphatic heterocycles. The van der Waals surface area contributed by atoms with E-state index in [0.717, 1.165) is 0 Å². The number of aliphatic carboxylic acids is 1. The molecule has 1 atom stereocenters. The molecule has 0 heterocycles. The van der Waals surface area contributed by atoms with Crippen LogP contribution in [0.3, 0.4) is 0 Å². The molecule has 0 aromatic heterocycles. The summed E-state index contributed by atoms with van der Waals surface area (Å²) in [4.78, 5) is 10.7. The Morgan fingerprint density at radius 2 is 2.27 bits per heavy atom. The van der Waals surface area contributed by atoms with Crippen LogP contribution in [-0.2, 0) is 4.79 Å². The predicted molar refractivity (Wildman–Crippen MR) is 57.4 cm³/mol. The number of nitrogens with one attached hydrogen (secondary N) is 1. The van der Waals surface area contributed by atoms with E-state index in [1.807, 2.05) is 0 Å². The summed E-state index contributed by atoms with van der Waals surface area (Å²) in [6.07, 6.45) is 0. The van der Waals surface area contributed by atoms with Gasteiger partial charge in [0.1, 0.15) is 18.4 Å². The summed E-state index contributed by atoms with van der Waals surface area (Å²) in [6, 6.07) is 6.20. The largest absolute Gasteiger partial charge is 0.490 e. The van der Waals surface area contributed by atoms with Crippen molar-refractivity contribution in [2.24, 2.45) is 0 Å². The van der Waals surface area contributed by atoms with Crippen LogP contribution in [0.25, 0.3) is 0 Å². The van der Waals surface area contributed by atoms with Crippen molar-refractivity contribution in [2.75, 3.05) is 13.7 Å². The van der Waals surface area contributed by atoms with Crippen LogP contribution in [0.2, 0.25) is 5.02 Å². The molecular formula is C10H12ClNO3. The SMILES string of the molecule is CNC(COc1ccccc1Cl)C(=O)O. The van der Waals surface area contributed by atoms with Gasteiger partial charge in [0.15, 0.2) is 0 Å². The lowest BCUT2D eigenvalue weighted by Gasteiger charge is -2.13. The number of ether oxygens (including phenoxy) is 1. The zero-order chi connectivity index (χ0) is 11.3. The Labute approximate surface area is 92.8 Å². The number of benzene rings is 1. The van der Waals surface area contributed by atoms with Crippen molar-refractivity contribution in [1.82, 2.24) is 5.32 Å². The smallest absolute Gasteiger partial charge is 0.324 e. The molecule has 0 bridgehead atoms. The standard InChI is InChI=1S/C10H12ClNO3/c1-12-8(10(13)14)6-15-9-5-3-2-4-7(9)11/h2-5,8,12H,6H2,1H3,(H,13,14). The number of rotatable bonds is 5. The van der Waals surface area contributed by atoms with Crippen molar-refractivity contribution in [1.29, 1.82) is 0 Å². The summed E-state index contributed by atoms with van der Waals surface area (Å²) in [6.45, 7) is 0.0373. The van der Waals surface area contributed by atoms with E-state index in [4.69, 9.17) is 21.4 Å². The van der Waals surface area contributed by atoms with Crippen LogP contribution >= 0.6 is 11.6 Å². The average Bonchev–Trinajstić information content (AvgIpc) is 2.21. The average molecular weight is 230 g/mol. The highest BCUT2D eigenvalue weighted by molar-refractivity contribution is 6.32. The van der Waals surface area contributed by atoms with Gasteiger partial charge in [0, 0.05) is 0 Å². The van der Waals surface area contributed by atoms with E-state index in [0.29, 0.717) is 10.8 Å². The molecule has 15 heavy (non-hydrogen) atoms. The van der Waals surface area contributed by atoms with Gasteiger partial charge in [-0.3, -0.25) is 4.79 Å². The molecule has 0 fully saturated rings. The van der Waals surface area contributed by atoms with Gasteiger partial charge >= 0.3 is 5.97 Å². The van der Waals surface area contributed by atoms with Gasteiger partial charge in [-0.1, -0.05) is 23.7 Å². The molecule has 1 unspecified atom stereocenters. The number of carboxylic acid groups (broad SMARTS) is 1. The molecule has 1 rings (SSSR count). The minimum absolute atomic E-state index is 0.0373. The zero-order valence-corrected chi connectivity index (χ0v) is 8.99. The molecule has 5 heteroatoms. The highest BCUT2D eigenvalue weighted by Crippen LogP contribution is 2.22. The second-order valence-electron chi connectivity index (χ2n) is 2.92. The lowest BCUT2D eigenvalue weighted by molar-refractivity contribution is -0.140. The van der Waals surface area contributed by atoms with Crippen molar-refractivity contribution in [3.05, 3.63) is 29.3 Å². The monoisotopic (exact) mass is 229 g/mol. The number of para-hydroxylation sites is 1. The molecule has 0 saturated heterocycles. The Balaban J connectivity index is 2.56.